The van der Waals surface area contributed by atoms with Crippen LogP contribution in [0.1, 0.15) is 6.92 Å². The number of aromatic nitrogens is 2. The zero-order chi connectivity index (χ0) is 10.6. The summed E-state index contributed by atoms with van der Waals surface area (Å²) in [4.78, 5) is 9.93. The lowest BCUT2D eigenvalue weighted by Crippen LogP contribution is -2.29. The van der Waals surface area contributed by atoms with Crippen LogP contribution in [0.15, 0.2) is 12.5 Å². The van der Waals surface area contributed by atoms with Crippen molar-refractivity contribution in [1.82, 2.24) is 9.97 Å². The van der Waals surface area contributed by atoms with Gasteiger partial charge in [0.2, 0.25) is 0 Å². The Labute approximate surface area is 89.1 Å². The average molecular weight is 215 g/mol. The van der Waals surface area contributed by atoms with Gasteiger partial charge in [-0.1, -0.05) is 18.5 Å². The van der Waals surface area contributed by atoms with Gasteiger partial charge in [-0.3, -0.25) is 0 Å². The predicted octanol–water partition coefficient (Wildman–Crippen LogP) is 1.16. The molecule has 14 heavy (non-hydrogen) atoms. The molecule has 1 heterocycles. The lowest BCUT2D eigenvalue weighted by Gasteiger charge is -2.21. The molecule has 0 saturated heterocycles. The minimum Gasteiger partial charge on any atom is -0.358 e. The maximum absolute atomic E-state index is 5.95. The highest BCUT2D eigenvalue weighted by molar-refractivity contribution is 6.32. The summed E-state index contributed by atoms with van der Waals surface area (Å²) in [6.07, 6.45) is 3.08. The fourth-order valence-electron chi connectivity index (χ4n) is 1.22. The molecule has 78 valence electrons. The molecule has 0 amide bonds. The number of nitrogens with zero attached hydrogens (tertiary/aromatic N) is 3. The van der Waals surface area contributed by atoms with E-state index in [0.29, 0.717) is 17.5 Å². The zero-order valence-corrected chi connectivity index (χ0v) is 9.20. The van der Waals surface area contributed by atoms with E-state index < -0.39 is 0 Å². The number of anilines is 1. The SMILES string of the molecule is CC(CN)CN(C)c1ncncc1Cl. The summed E-state index contributed by atoms with van der Waals surface area (Å²) in [5.41, 5.74) is 5.54. The van der Waals surface area contributed by atoms with E-state index in [-0.39, 0.29) is 0 Å². The van der Waals surface area contributed by atoms with E-state index in [1.807, 2.05) is 11.9 Å². The fraction of sp³-hybridized carbons (Fsp3) is 0.556. The Morgan fingerprint density at radius 3 is 2.93 bits per heavy atom. The van der Waals surface area contributed by atoms with Gasteiger partial charge in [-0.05, 0) is 12.5 Å². The summed E-state index contributed by atoms with van der Waals surface area (Å²) in [6, 6.07) is 0. The molecule has 0 aliphatic heterocycles. The number of rotatable bonds is 4. The molecule has 1 aromatic rings. The van der Waals surface area contributed by atoms with E-state index >= 15 is 0 Å². The van der Waals surface area contributed by atoms with Gasteiger partial charge >= 0.3 is 0 Å². The average Bonchev–Trinajstić information content (AvgIpc) is 2.18. The summed E-state index contributed by atoms with van der Waals surface area (Å²) in [6.45, 7) is 3.59. The van der Waals surface area contributed by atoms with Crippen molar-refractivity contribution in [3.8, 4) is 0 Å². The number of halogens is 1. The highest BCUT2D eigenvalue weighted by Crippen LogP contribution is 2.20. The molecule has 4 nitrogen and oxygen atoms in total. The lowest BCUT2D eigenvalue weighted by molar-refractivity contribution is 0.587. The molecular weight excluding hydrogens is 200 g/mol. The second-order valence-electron chi connectivity index (χ2n) is 3.42. The Kier molecular flexibility index (Phi) is 4.10. The van der Waals surface area contributed by atoms with Crippen molar-refractivity contribution in [3.63, 3.8) is 0 Å². The third-order valence-corrected chi connectivity index (χ3v) is 2.26. The van der Waals surface area contributed by atoms with E-state index in [2.05, 4.69) is 16.9 Å². The minimum absolute atomic E-state index is 0.422. The van der Waals surface area contributed by atoms with Crippen LogP contribution in [0.2, 0.25) is 5.02 Å². The Bertz CT molecular complexity index is 292. The third-order valence-electron chi connectivity index (χ3n) is 2.00. The summed E-state index contributed by atoms with van der Waals surface area (Å²) in [7, 11) is 1.94. The largest absolute Gasteiger partial charge is 0.358 e. The number of hydrogen-bond acceptors (Lipinski definition) is 4. The van der Waals surface area contributed by atoms with Gasteiger partial charge in [0.25, 0.3) is 0 Å². The van der Waals surface area contributed by atoms with Crippen LogP contribution in [0.5, 0.6) is 0 Å². The second-order valence-corrected chi connectivity index (χ2v) is 3.82. The minimum atomic E-state index is 0.422. The van der Waals surface area contributed by atoms with Crippen LogP contribution in [0.25, 0.3) is 0 Å². The van der Waals surface area contributed by atoms with Crippen molar-refractivity contribution in [2.75, 3.05) is 25.0 Å². The van der Waals surface area contributed by atoms with Crippen LogP contribution < -0.4 is 10.6 Å². The quantitative estimate of drug-likeness (QED) is 0.818. The van der Waals surface area contributed by atoms with Gasteiger partial charge in [-0.2, -0.15) is 0 Å². The molecule has 1 rings (SSSR count). The second kappa shape index (κ2) is 5.12. The molecule has 0 bridgehead atoms. The molecule has 0 radical (unpaired) electrons. The Morgan fingerprint density at radius 2 is 2.36 bits per heavy atom. The van der Waals surface area contributed by atoms with Gasteiger partial charge in [-0.25, -0.2) is 9.97 Å². The molecule has 0 spiro atoms. The van der Waals surface area contributed by atoms with Crippen LogP contribution in [-0.4, -0.2) is 30.1 Å². The monoisotopic (exact) mass is 214 g/mol. The molecule has 0 aromatic carbocycles. The highest BCUT2D eigenvalue weighted by Gasteiger charge is 2.09. The first-order valence-electron chi connectivity index (χ1n) is 4.52. The van der Waals surface area contributed by atoms with Gasteiger partial charge in [0.05, 0.1) is 6.20 Å². The number of nitrogens with two attached hydrogens (primary N) is 1. The Balaban J connectivity index is 2.69. The van der Waals surface area contributed by atoms with E-state index in [4.69, 9.17) is 17.3 Å². The maximum Gasteiger partial charge on any atom is 0.150 e. The third kappa shape index (κ3) is 2.82. The standard InChI is InChI=1S/C9H15ClN4/c1-7(3-11)5-14(2)9-8(10)4-12-6-13-9/h4,6-7H,3,5,11H2,1-2H3. The molecule has 1 atom stereocenters. The Morgan fingerprint density at radius 1 is 1.64 bits per heavy atom. The fourth-order valence-corrected chi connectivity index (χ4v) is 1.47. The van der Waals surface area contributed by atoms with Crippen LogP contribution in [-0.2, 0) is 0 Å². The van der Waals surface area contributed by atoms with Gasteiger partial charge < -0.3 is 10.6 Å². The van der Waals surface area contributed by atoms with Crippen LogP contribution in [0.4, 0.5) is 5.82 Å². The molecule has 1 aromatic heterocycles. The molecule has 0 aliphatic rings. The molecule has 2 N–H and O–H groups in total. The summed E-state index contributed by atoms with van der Waals surface area (Å²) in [5.74, 6) is 1.17. The first kappa shape index (κ1) is 11.2. The van der Waals surface area contributed by atoms with E-state index in [0.717, 1.165) is 12.4 Å². The molecular formula is C9H15ClN4. The van der Waals surface area contributed by atoms with Gasteiger partial charge in [-0.15, -0.1) is 0 Å². The van der Waals surface area contributed by atoms with Crippen molar-refractivity contribution in [2.24, 2.45) is 11.7 Å². The van der Waals surface area contributed by atoms with Gasteiger partial charge in [0.15, 0.2) is 5.82 Å². The van der Waals surface area contributed by atoms with E-state index in [1.54, 1.807) is 6.20 Å². The Hall–Kier alpha value is -0.870. The normalized spacial score (nSPS) is 12.6. The van der Waals surface area contributed by atoms with Crippen molar-refractivity contribution < 1.29 is 0 Å². The number of hydrogen-bond donors (Lipinski definition) is 1. The summed E-state index contributed by atoms with van der Waals surface area (Å²) in [5, 5.41) is 0.569. The summed E-state index contributed by atoms with van der Waals surface area (Å²) >= 11 is 5.95. The van der Waals surface area contributed by atoms with Crippen LogP contribution >= 0.6 is 11.6 Å². The molecule has 5 heteroatoms. The van der Waals surface area contributed by atoms with Crippen molar-refractivity contribution in [3.05, 3.63) is 17.5 Å². The molecule has 1 unspecified atom stereocenters. The van der Waals surface area contributed by atoms with Crippen molar-refractivity contribution in [2.45, 2.75) is 6.92 Å². The van der Waals surface area contributed by atoms with Crippen LogP contribution in [0, 0.1) is 5.92 Å². The lowest BCUT2D eigenvalue weighted by atomic mass is 10.2. The molecule has 0 saturated carbocycles. The smallest absolute Gasteiger partial charge is 0.150 e. The zero-order valence-electron chi connectivity index (χ0n) is 8.44. The predicted molar refractivity (Wildman–Crippen MR) is 58.5 cm³/mol. The summed E-state index contributed by atoms with van der Waals surface area (Å²) < 4.78 is 0. The topological polar surface area (TPSA) is 55.0 Å². The maximum atomic E-state index is 5.95. The highest BCUT2D eigenvalue weighted by atomic mass is 35.5. The van der Waals surface area contributed by atoms with E-state index in [9.17, 15) is 0 Å². The first-order chi connectivity index (χ1) is 6.65. The van der Waals surface area contributed by atoms with Crippen molar-refractivity contribution in [1.29, 1.82) is 0 Å². The van der Waals surface area contributed by atoms with Crippen LogP contribution in [0.3, 0.4) is 0 Å². The first-order valence-corrected chi connectivity index (χ1v) is 4.89. The van der Waals surface area contributed by atoms with Gasteiger partial charge in [0.1, 0.15) is 11.3 Å². The van der Waals surface area contributed by atoms with Crippen molar-refractivity contribution >= 4 is 17.4 Å². The van der Waals surface area contributed by atoms with E-state index in [1.165, 1.54) is 6.33 Å². The van der Waals surface area contributed by atoms with Gasteiger partial charge in [0, 0.05) is 13.6 Å². The molecule has 0 aliphatic carbocycles. The molecule has 0 fully saturated rings.